The Morgan fingerprint density at radius 2 is 2.00 bits per heavy atom. The molecule has 0 spiro atoms. The van der Waals surface area contributed by atoms with E-state index in [1.165, 1.54) is 0 Å². The van der Waals surface area contributed by atoms with Gasteiger partial charge in [0.15, 0.2) is 0 Å². The Labute approximate surface area is 198 Å². The number of pyridine rings is 2. The first-order valence-corrected chi connectivity index (χ1v) is 11.6. The molecule has 9 heteroatoms. The molecule has 0 aliphatic heterocycles. The van der Waals surface area contributed by atoms with Crippen molar-refractivity contribution in [3.05, 3.63) is 58.8 Å². The maximum absolute atomic E-state index is 14.5. The number of nitrogen functional groups attached to an aromatic ring is 2. The highest BCUT2D eigenvalue weighted by molar-refractivity contribution is 9.10. The van der Waals surface area contributed by atoms with Crippen LogP contribution in [0, 0.1) is 5.41 Å². The molecule has 0 bridgehead atoms. The molecule has 7 nitrogen and oxygen atoms in total. The van der Waals surface area contributed by atoms with Gasteiger partial charge in [0.05, 0.1) is 28.8 Å². The number of aryl methyl sites for hydroxylation is 1. The quantitative estimate of drug-likeness (QED) is 0.322. The predicted molar refractivity (Wildman–Crippen MR) is 130 cm³/mol. The number of rotatable bonds is 5. The third-order valence-corrected chi connectivity index (χ3v) is 7.64. The second-order valence-electron chi connectivity index (χ2n) is 8.95. The smallest absolute Gasteiger partial charge is 0.142 e. The number of hydrogen-bond donors (Lipinski definition) is 4. The van der Waals surface area contributed by atoms with Crippen molar-refractivity contribution in [2.45, 2.75) is 37.5 Å². The summed E-state index contributed by atoms with van der Waals surface area (Å²) in [4.78, 5) is 8.80. The number of anilines is 2. The van der Waals surface area contributed by atoms with E-state index in [-0.39, 0.29) is 6.42 Å². The Morgan fingerprint density at radius 3 is 2.79 bits per heavy atom. The van der Waals surface area contributed by atoms with Crippen molar-refractivity contribution in [3.63, 3.8) is 0 Å². The SMILES string of the molecule is Nc1nc2cc(CC[C@@]3(CF)C[C@@H](n4ccc5c(N)ccnc54)[C@H](O)[C@@H]3O)ccc2cc1Br. The zero-order chi connectivity index (χ0) is 23.3. The Morgan fingerprint density at radius 1 is 1.18 bits per heavy atom. The standard InChI is InChI=1S/C24H25BrFN5O2/c25-16-10-14-2-1-13(9-18(14)30-22(16)28)3-6-24(12-26)11-19(20(32)21(24)33)31-8-5-15-17(27)4-7-29-23(15)31/h1-2,4-5,7-10,19-21,32-33H,3,6,11-12H2,(H2,27,29)(H2,28,30)/t19-,20+,21+,24+/m1/s1. The predicted octanol–water partition coefficient (Wildman–Crippen LogP) is 3.77. The van der Waals surface area contributed by atoms with Gasteiger partial charge in [-0.05, 0) is 65.0 Å². The van der Waals surface area contributed by atoms with Gasteiger partial charge in [-0.15, -0.1) is 0 Å². The number of alkyl halides is 1. The monoisotopic (exact) mass is 513 g/mol. The van der Waals surface area contributed by atoms with Crippen LogP contribution in [0.25, 0.3) is 21.9 Å². The van der Waals surface area contributed by atoms with E-state index in [1.807, 2.05) is 30.3 Å². The first-order chi connectivity index (χ1) is 15.8. The topological polar surface area (TPSA) is 123 Å². The van der Waals surface area contributed by atoms with Crippen molar-refractivity contribution < 1.29 is 14.6 Å². The number of aromatic nitrogens is 3. The second-order valence-corrected chi connectivity index (χ2v) is 9.80. The second kappa shape index (κ2) is 8.23. The summed E-state index contributed by atoms with van der Waals surface area (Å²) in [5, 5.41) is 23.5. The zero-order valence-corrected chi connectivity index (χ0v) is 19.4. The molecule has 172 valence electrons. The third-order valence-electron chi connectivity index (χ3n) is 7.01. The molecule has 4 aromatic rings. The molecule has 33 heavy (non-hydrogen) atoms. The van der Waals surface area contributed by atoms with E-state index in [2.05, 4.69) is 25.9 Å². The van der Waals surface area contributed by atoms with Crippen LogP contribution in [0.2, 0.25) is 0 Å². The first-order valence-electron chi connectivity index (χ1n) is 10.8. The highest BCUT2D eigenvalue weighted by Crippen LogP contribution is 2.49. The number of benzene rings is 1. The van der Waals surface area contributed by atoms with Crippen molar-refractivity contribution in [1.29, 1.82) is 0 Å². The van der Waals surface area contributed by atoms with Gasteiger partial charge in [0.25, 0.3) is 0 Å². The maximum atomic E-state index is 14.5. The van der Waals surface area contributed by atoms with Crippen molar-refractivity contribution in [2.75, 3.05) is 18.1 Å². The Hall–Kier alpha value is -2.75. The molecule has 1 aliphatic rings. The van der Waals surface area contributed by atoms with E-state index in [4.69, 9.17) is 11.5 Å². The summed E-state index contributed by atoms with van der Waals surface area (Å²) < 4.78 is 17.0. The van der Waals surface area contributed by atoms with Gasteiger partial charge in [0.2, 0.25) is 0 Å². The van der Waals surface area contributed by atoms with Gasteiger partial charge in [0.1, 0.15) is 17.6 Å². The average Bonchev–Trinajstić information content (AvgIpc) is 3.34. The molecule has 6 N–H and O–H groups in total. The summed E-state index contributed by atoms with van der Waals surface area (Å²) >= 11 is 3.39. The van der Waals surface area contributed by atoms with Gasteiger partial charge in [-0.1, -0.05) is 12.1 Å². The molecular weight excluding hydrogens is 489 g/mol. The van der Waals surface area contributed by atoms with Crippen LogP contribution >= 0.6 is 15.9 Å². The van der Waals surface area contributed by atoms with Crippen LogP contribution < -0.4 is 11.5 Å². The number of hydrogen-bond acceptors (Lipinski definition) is 6. The number of aliphatic hydroxyl groups excluding tert-OH is 2. The van der Waals surface area contributed by atoms with E-state index in [0.717, 1.165) is 26.3 Å². The van der Waals surface area contributed by atoms with E-state index >= 15 is 0 Å². The minimum absolute atomic E-state index is 0.290. The number of aliphatic hydroxyl groups is 2. The van der Waals surface area contributed by atoms with E-state index in [0.29, 0.717) is 30.0 Å². The van der Waals surface area contributed by atoms with Gasteiger partial charge in [0, 0.05) is 34.3 Å². The lowest BCUT2D eigenvalue weighted by atomic mass is 9.79. The van der Waals surface area contributed by atoms with Crippen LogP contribution in [0.15, 0.2) is 53.3 Å². The van der Waals surface area contributed by atoms with E-state index < -0.39 is 30.3 Å². The van der Waals surface area contributed by atoms with Crippen LogP contribution in [0.1, 0.15) is 24.4 Å². The molecule has 4 atom stereocenters. The normalized spacial score (nSPS) is 25.3. The van der Waals surface area contributed by atoms with Crippen LogP contribution in [-0.2, 0) is 6.42 Å². The molecule has 3 aromatic heterocycles. The fourth-order valence-corrected chi connectivity index (χ4v) is 5.38. The minimum atomic E-state index is -1.20. The highest BCUT2D eigenvalue weighted by atomic mass is 79.9. The molecule has 1 aromatic carbocycles. The van der Waals surface area contributed by atoms with E-state index in [1.54, 1.807) is 23.0 Å². The number of fused-ring (bicyclic) bond motifs is 2. The molecule has 1 aliphatic carbocycles. The Balaban J connectivity index is 1.41. The summed E-state index contributed by atoms with van der Waals surface area (Å²) in [5.41, 5.74) is 13.8. The molecule has 5 rings (SSSR count). The molecule has 1 fully saturated rings. The first kappa shape index (κ1) is 22.1. The fraction of sp³-hybridized carbons (Fsp3) is 0.333. The molecule has 3 heterocycles. The largest absolute Gasteiger partial charge is 0.398 e. The third kappa shape index (κ3) is 3.64. The van der Waals surface area contributed by atoms with Crippen molar-refractivity contribution in [3.8, 4) is 0 Å². The Bertz CT molecular complexity index is 1350. The lowest BCUT2D eigenvalue weighted by Gasteiger charge is -2.30. The van der Waals surface area contributed by atoms with Gasteiger partial charge in [-0.25, -0.2) is 9.97 Å². The van der Waals surface area contributed by atoms with Crippen LogP contribution in [0.3, 0.4) is 0 Å². The highest BCUT2D eigenvalue weighted by Gasteiger charge is 2.53. The van der Waals surface area contributed by atoms with Gasteiger partial charge >= 0.3 is 0 Å². The van der Waals surface area contributed by atoms with Gasteiger partial charge < -0.3 is 26.2 Å². The van der Waals surface area contributed by atoms with Crippen LogP contribution in [0.4, 0.5) is 15.9 Å². The molecular formula is C24H25BrFN5O2. The van der Waals surface area contributed by atoms with Gasteiger partial charge in [-0.3, -0.25) is 4.39 Å². The summed E-state index contributed by atoms with van der Waals surface area (Å²) in [7, 11) is 0. The van der Waals surface area contributed by atoms with Crippen molar-refractivity contribution in [1.82, 2.24) is 14.5 Å². The maximum Gasteiger partial charge on any atom is 0.142 e. The summed E-state index contributed by atoms with van der Waals surface area (Å²) in [6.07, 6.45) is 2.29. The van der Waals surface area contributed by atoms with Crippen molar-refractivity contribution >= 4 is 49.4 Å². The lowest BCUT2D eigenvalue weighted by molar-refractivity contribution is -0.0395. The minimum Gasteiger partial charge on any atom is -0.398 e. The average molecular weight is 514 g/mol. The zero-order valence-electron chi connectivity index (χ0n) is 17.8. The molecule has 0 amide bonds. The lowest BCUT2D eigenvalue weighted by Crippen LogP contribution is -2.38. The summed E-state index contributed by atoms with van der Waals surface area (Å²) in [6.45, 7) is -0.734. The summed E-state index contributed by atoms with van der Waals surface area (Å²) in [5.74, 6) is 0.408. The van der Waals surface area contributed by atoms with Crippen LogP contribution in [0.5, 0.6) is 0 Å². The van der Waals surface area contributed by atoms with Crippen LogP contribution in [-0.4, -0.2) is 43.6 Å². The van der Waals surface area contributed by atoms with E-state index in [9.17, 15) is 14.6 Å². The number of nitrogens with zero attached hydrogens (tertiary/aromatic N) is 3. The Kier molecular flexibility index (Phi) is 5.50. The van der Waals surface area contributed by atoms with Crippen molar-refractivity contribution in [2.24, 2.45) is 5.41 Å². The molecule has 1 saturated carbocycles. The molecule has 0 unspecified atom stereocenters. The number of nitrogens with two attached hydrogens (primary N) is 2. The summed E-state index contributed by atoms with van der Waals surface area (Å²) in [6, 6.07) is 10.8. The fourth-order valence-electron chi connectivity index (χ4n) is 5.04. The molecule has 0 saturated heterocycles. The van der Waals surface area contributed by atoms with Gasteiger partial charge in [-0.2, -0.15) is 0 Å². The molecule has 0 radical (unpaired) electrons. The number of halogens is 2.